The van der Waals surface area contributed by atoms with Crippen molar-refractivity contribution in [3.8, 4) is 0 Å². The van der Waals surface area contributed by atoms with Gasteiger partial charge in [0.05, 0.1) is 17.7 Å². The number of H-pyrrole nitrogens is 1. The van der Waals surface area contributed by atoms with Crippen LogP contribution in [0.3, 0.4) is 0 Å². The molecular formula is C17H19N5O4S2. The van der Waals surface area contributed by atoms with Gasteiger partial charge in [-0.15, -0.1) is 0 Å². The summed E-state index contributed by atoms with van der Waals surface area (Å²) < 4.78 is 34.4. The molecule has 0 bridgehead atoms. The van der Waals surface area contributed by atoms with E-state index >= 15 is 0 Å². The van der Waals surface area contributed by atoms with Gasteiger partial charge in [0.25, 0.3) is 5.91 Å². The van der Waals surface area contributed by atoms with Crippen LogP contribution in [-0.4, -0.2) is 35.6 Å². The minimum absolute atomic E-state index is 0.0498. The molecular weight excluding hydrogens is 402 g/mol. The van der Waals surface area contributed by atoms with Crippen molar-refractivity contribution >= 4 is 28.1 Å². The molecule has 28 heavy (non-hydrogen) atoms. The zero-order valence-corrected chi connectivity index (χ0v) is 16.6. The third-order valence-corrected chi connectivity index (χ3v) is 5.83. The van der Waals surface area contributed by atoms with Gasteiger partial charge >= 0.3 is 0 Å². The zero-order valence-electron chi connectivity index (χ0n) is 15.0. The fourth-order valence-corrected chi connectivity index (χ4v) is 3.59. The lowest BCUT2D eigenvalue weighted by Gasteiger charge is -2.08. The molecule has 2 aromatic heterocycles. The standard InChI is InChI=1S/C17H19N5O4S2/c1-22-15(20-21-17(22)27)8-9-18-16(23)12-4-6-14(7-5-12)28(24,25)19-11-13-3-2-10-26-13/h2-7,10,19H,8-9,11H2,1H3,(H,18,23)(H,21,27). The number of sulfonamides is 1. The molecule has 0 saturated carbocycles. The minimum Gasteiger partial charge on any atom is -0.468 e. The second kappa shape index (κ2) is 8.50. The van der Waals surface area contributed by atoms with Crippen LogP contribution in [0.15, 0.2) is 52.0 Å². The van der Waals surface area contributed by atoms with E-state index in [1.807, 2.05) is 0 Å². The van der Waals surface area contributed by atoms with Crippen molar-refractivity contribution in [3.63, 3.8) is 0 Å². The molecule has 0 aliphatic rings. The highest BCUT2D eigenvalue weighted by Crippen LogP contribution is 2.12. The number of carbonyl (C=O) groups is 1. The molecule has 148 valence electrons. The SMILES string of the molecule is Cn1c(CCNC(=O)c2ccc(S(=O)(=O)NCc3ccco3)cc2)n[nH]c1=S. The molecule has 3 N–H and O–H groups in total. The van der Waals surface area contributed by atoms with Crippen LogP contribution in [0.25, 0.3) is 0 Å². The van der Waals surface area contributed by atoms with E-state index in [9.17, 15) is 13.2 Å². The molecule has 3 aromatic rings. The maximum absolute atomic E-state index is 12.3. The number of amides is 1. The topological polar surface area (TPSA) is 122 Å². The van der Waals surface area contributed by atoms with E-state index in [4.69, 9.17) is 16.6 Å². The number of hydrogen-bond acceptors (Lipinski definition) is 6. The van der Waals surface area contributed by atoms with Gasteiger partial charge in [-0.1, -0.05) is 0 Å². The molecule has 0 fully saturated rings. The van der Waals surface area contributed by atoms with Crippen LogP contribution in [0.2, 0.25) is 0 Å². The predicted molar refractivity (Wildman–Crippen MR) is 104 cm³/mol. The van der Waals surface area contributed by atoms with Crippen LogP contribution in [0.5, 0.6) is 0 Å². The minimum atomic E-state index is -3.70. The monoisotopic (exact) mass is 421 g/mol. The van der Waals surface area contributed by atoms with Crippen LogP contribution in [0.4, 0.5) is 0 Å². The van der Waals surface area contributed by atoms with Gasteiger partial charge in [0.15, 0.2) is 4.77 Å². The lowest BCUT2D eigenvalue weighted by molar-refractivity contribution is 0.0954. The van der Waals surface area contributed by atoms with Gasteiger partial charge in [-0.05, 0) is 48.6 Å². The summed E-state index contributed by atoms with van der Waals surface area (Å²) in [7, 11) is -1.91. The Kier molecular flexibility index (Phi) is 6.07. The quantitative estimate of drug-likeness (QED) is 0.474. The van der Waals surface area contributed by atoms with Gasteiger partial charge in [0.1, 0.15) is 11.6 Å². The molecule has 0 unspecified atom stereocenters. The Balaban J connectivity index is 1.56. The van der Waals surface area contributed by atoms with E-state index in [2.05, 4.69) is 20.2 Å². The predicted octanol–water partition coefficient (Wildman–Crippen LogP) is 1.52. The average Bonchev–Trinajstić information content (AvgIpc) is 3.32. The Morgan fingerprint density at radius 1 is 1.29 bits per heavy atom. The zero-order chi connectivity index (χ0) is 20.1. The first kappa shape index (κ1) is 20.0. The molecule has 0 spiro atoms. The van der Waals surface area contributed by atoms with Crippen molar-refractivity contribution in [2.45, 2.75) is 17.9 Å². The van der Waals surface area contributed by atoms with E-state index < -0.39 is 10.0 Å². The summed E-state index contributed by atoms with van der Waals surface area (Å²) in [6.07, 6.45) is 1.98. The molecule has 0 aliphatic heterocycles. The molecule has 0 radical (unpaired) electrons. The van der Waals surface area contributed by atoms with Crippen molar-refractivity contribution < 1.29 is 17.6 Å². The first-order valence-corrected chi connectivity index (χ1v) is 10.3. The number of rotatable bonds is 8. The summed E-state index contributed by atoms with van der Waals surface area (Å²) in [5, 5.41) is 9.52. The summed E-state index contributed by atoms with van der Waals surface area (Å²) in [6, 6.07) is 9.06. The van der Waals surface area contributed by atoms with Crippen LogP contribution in [0, 0.1) is 4.77 Å². The summed E-state index contributed by atoms with van der Waals surface area (Å²) in [6.45, 7) is 0.422. The van der Waals surface area contributed by atoms with Gasteiger partial charge in [-0.3, -0.25) is 9.89 Å². The third kappa shape index (κ3) is 4.74. The van der Waals surface area contributed by atoms with Crippen molar-refractivity contribution in [3.05, 3.63) is 64.6 Å². The Labute approximate surface area is 166 Å². The fraction of sp³-hybridized carbons (Fsp3) is 0.235. The van der Waals surface area contributed by atoms with Crippen LogP contribution >= 0.6 is 12.2 Å². The van der Waals surface area contributed by atoms with Gasteiger partial charge in [-0.25, -0.2) is 13.1 Å². The van der Waals surface area contributed by atoms with Gasteiger partial charge < -0.3 is 14.3 Å². The average molecular weight is 422 g/mol. The lowest BCUT2D eigenvalue weighted by Crippen LogP contribution is -2.26. The number of hydrogen-bond donors (Lipinski definition) is 3. The highest BCUT2D eigenvalue weighted by molar-refractivity contribution is 7.89. The molecule has 0 atom stereocenters. The smallest absolute Gasteiger partial charge is 0.251 e. The highest BCUT2D eigenvalue weighted by Gasteiger charge is 2.15. The molecule has 1 aromatic carbocycles. The van der Waals surface area contributed by atoms with Crippen LogP contribution in [-0.2, 0) is 30.0 Å². The number of nitrogens with one attached hydrogen (secondary N) is 3. The highest BCUT2D eigenvalue weighted by atomic mass is 32.2. The first-order chi connectivity index (χ1) is 13.4. The lowest BCUT2D eigenvalue weighted by atomic mass is 10.2. The number of aromatic amines is 1. The Hall–Kier alpha value is -2.76. The fourth-order valence-electron chi connectivity index (χ4n) is 2.44. The molecule has 0 aliphatic carbocycles. The number of nitrogens with zero attached hydrogens (tertiary/aromatic N) is 2. The molecule has 3 rings (SSSR count). The molecule has 2 heterocycles. The summed E-state index contributed by atoms with van der Waals surface area (Å²) in [5.41, 5.74) is 0.361. The molecule has 1 amide bonds. The van der Waals surface area contributed by atoms with Crippen molar-refractivity contribution in [1.82, 2.24) is 24.8 Å². The van der Waals surface area contributed by atoms with E-state index in [-0.39, 0.29) is 17.3 Å². The van der Waals surface area contributed by atoms with Crippen molar-refractivity contribution in [2.75, 3.05) is 6.54 Å². The van der Waals surface area contributed by atoms with Crippen molar-refractivity contribution in [1.29, 1.82) is 0 Å². The van der Waals surface area contributed by atoms with E-state index in [1.165, 1.54) is 30.5 Å². The largest absolute Gasteiger partial charge is 0.468 e. The summed E-state index contributed by atoms with van der Waals surface area (Å²) >= 11 is 5.03. The van der Waals surface area contributed by atoms with Crippen LogP contribution in [0.1, 0.15) is 21.9 Å². The van der Waals surface area contributed by atoms with Crippen LogP contribution < -0.4 is 10.0 Å². The number of carbonyl (C=O) groups excluding carboxylic acids is 1. The molecule has 9 nitrogen and oxygen atoms in total. The molecule has 11 heteroatoms. The Bertz CT molecular complexity index is 1100. The maximum Gasteiger partial charge on any atom is 0.251 e. The Morgan fingerprint density at radius 2 is 2.04 bits per heavy atom. The number of furan rings is 1. The summed E-state index contributed by atoms with van der Waals surface area (Å²) in [4.78, 5) is 12.3. The van der Waals surface area contributed by atoms with Gasteiger partial charge in [-0.2, -0.15) is 5.10 Å². The number of benzene rings is 1. The summed E-state index contributed by atoms with van der Waals surface area (Å²) in [5.74, 6) is 0.937. The normalized spacial score (nSPS) is 11.5. The van der Waals surface area contributed by atoms with Gasteiger partial charge in [0, 0.05) is 25.6 Å². The molecule has 0 saturated heterocycles. The Morgan fingerprint density at radius 3 is 2.64 bits per heavy atom. The van der Waals surface area contributed by atoms with Gasteiger partial charge in [0.2, 0.25) is 10.0 Å². The maximum atomic E-state index is 12.3. The second-order valence-electron chi connectivity index (χ2n) is 5.94. The number of aromatic nitrogens is 3. The second-order valence-corrected chi connectivity index (χ2v) is 8.09. The first-order valence-electron chi connectivity index (χ1n) is 8.37. The van der Waals surface area contributed by atoms with E-state index in [0.29, 0.717) is 29.1 Å². The van der Waals surface area contributed by atoms with Crippen molar-refractivity contribution in [2.24, 2.45) is 7.05 Å². The third-order valence-electron chi connectivity index (χ3n) is 4.05. The van der Waals surface area contributed by atoms with E-state index in [1.54, 1.807) is 23.7 Å². The van der Waals surface area contributed by atoms with E-state index in [0.717, 1.165) is 5.82 Å².